The van der Waals surface area contributed by atoms with Crippen molar-refractivity contribution in [1.29, 1.82) is 0 Å². The van der Waals surface area contributed by atoms with Gasteiger partial charge in [0.1, 0.15) is 5.75 Å². The highest BCUT2D eigenvalue weighted by molar-refractivity contribution is 6.30. The van der Waals surface area contributed by atoms with Gasteiger partial charge in [-0.15, -0.1) is 0 Å². The predicted octanol–water partition coefficient (Wildman–Crippen LogP) is 3.72. The zero-order valence-corrected chi connectivity index (χ0v) is 16.6. The molecule has 0 saturated carbocycles. The van der Waals surface area contributed by atoms with Gasteiger partial charge in [-0.25, -0.2) is 0 Å². The molecule has 1 aliphatic heterocycles. The third-order valence-corrected chi connectivity index (χ3v) is 5.17. The monoisotopic (exact) mass is 398 g/mol. The number of aromatic nitrogens is 2. The molecule has 4 rings (SSSR count). The van der Waals surface area contributed by atoms with Crippen LogP contribution in [0.4, 0.5) is 0 Å². The first-order valence-electron chi connectivity index (χ1n) is 9.36. The van der Waals surface area contributed by atoms with Gasteiger partial charge >= 0.3 is 0 Å². The van der Waals surface area contributed by atoms with Crippen molar-refractivity contribution in [3.8, 4) is 17.1 Å². The van der Waals surface area contributed by atoms with Gasteiger partial charge in [0.25, 0.3) is 0 Å². The van der Waals surface area contributed by atoms with Crippen LogP contribution in [0.5, 0.6) is 5.75 Å². The molecule has 1 aromatic heterocycles. The minimum atomic E-state index is 0.562. The first-order valence-corrected chi connectivity index (χ1v) is 9.74. The maximum Gasteiger partial charge on any atom is 0.241 e. The number of para-hydroxylation sites is 1. The Morgan fingerprint density at radius 2 is 1.75 bits per heavy atom. The standard InChI is InChI=1S/C21H23ClN4O2/c1-27-19-8-3-2-7-18(19)21-23-20(28-24-21)15-26-11-9-25(10-12-26)14-16-5-4-6-17(22)13-16/h2-8,13H,9-12,14-15H2,1H3. The van der Waals surface area contributed by atoms with Crippen molar-refractivity contribution in [2.24, 2.45) is 0 Å². The van der Waals surface area contributed by atoms with Gasteiger partial charge in [0, 0.05) is 37.7 Å². The van der Waals surface area contributed by atoms with Crippen molar-refractivity contribution in [2.75, 3.05) is 33.3 Å². The molecule has 1 aliphatic rings. The number of benzene rings is 2. The SMILES string of the molecule is COc1ccccc1-c1noc(CN2CCN(Cc3cccc(Cl)c3)CC2)n1. The molecule has 0 bridgehead atoms. The van der Waals surface area contributed by atoms with E-state index in [1.807, 2.05) is 42.5 Å². The van der Waals surface area contributed by atoms with E-state index in [4.69, 9.17) is 20.9 Å². The normalized spacial score (nSPS) is 15.6. The summed E-state index contributed by atoms with van der Waals surface area (Å²) in [5.74, 6) is 1.93. The Bertz CT molecular complexity index is 922. The molecule has 0 atom stereocenters. The molecule has 2 aromatic carbocycles. The van der Waals surface area contributed by atoms with Crippen LogP contribution in [0.1, 0.15) is 11.5 Å². The van der Waals surface area contributed by atoms with Gasteiger partial charge in [-0.2, -0.15) is 4.98 Å². The second-order valence-corrected chi connectivity index (χ2v) is 7.33. The third kappa shape index (κ3) is 4.52. The van der Waals surface area contributed by atoms with E-state index in [0.717, 1.165) is 49.1 Å². The molecule has 7 heteroatoms. The van der Waals surface area contributed by atoms with Crippen LogP contribution < -0.4 is 4.74 Å². The zero-order chi connectivity index (χ0) is 19.3. The van der Waals surface area contributed by atoms with E-state index in [0.29, 0.717) is 18.3 Å². The predicted molar refractivity (Wildman–Crippen MR) is 108 cm³/mol. The van der Waals surface area contributed by atoms with E-state index in [1.165, 1.54) is 5.56 Å². The number of rotatable bonds is 6. The molecule has 146 valence electrons. The smallest absolute Gasteiger partial charge is 0.241 e. The fraction of sp³-hybridized carbons (Fsp3) is 0.333. The Morgan fingerprint density at radius 3 is 2.50 bits per heavy atom. The molecule has 0 aliphatic carbocycles. The topological polar surface area (TPSA) is 54.6 Å². The van der Waals surface area contributed by atoms with Crippen molar-refractivity contribution in [3.63, 3.8) is 0 Å². The van der Waals surface area contributed by atoms with E-state index in [1.54, 1.807) is 7.11 Å². The second kappa shape index (κ2) is 8.73. The molecule has 6 nitrogen and oxygen atoms in total. The molecule has 0 amide bonds. The summed E-state index contributed by atoms with van der Waals surface area (Å²) in [5.41, 5.74) is 2.09. The average molecular weight is 399 g/mol. The maximum atomic E-state index is 6.08. The number of ether oxygens (including phenoxy) is 1. The summed E-state index contributed by atoms with van der Waals surface area (Å²) in [6.07, 6.45) is 0. The Kier molecular flexibility index (Phi) is 5.90. The molecule has 0 spiro atoms. The molecular weight excluding hydrogens is 376 g/mol. The van der Waals surface area contributed by atoms with Gasteiger partial charge in [0.15, 0.2) is 0 Å². The van der Waals surface area contributed by atoms with E-state index in [9.17, 15) is 0 Å². The number of halogens is 1. The van der Waals surface area contributed by atoms with Crippen LogP contribution in [0.2, 0.25) is 5.02 Å². The van der Waals surface area contributed by atoms with E-state index < -0.39 is 0 Å². The summed E-state index contributed by atoms with van der Waals surface area (Å²) in [4.78, 5) is 9.33. The van der Waals surface area contributed by atoms with Crippen molar-refractivity contribution >= 4 is 11.6 Å². The molecule has 2 heterocycles. The van der Waals surface area contributed by atoms with Crippen molar-refractivity contribution in [3.05, 3.63) is 65.0 Å². The lowest BCUT2D eigenvalue weighted by molar-refractivity contribution is 0.112. The van der Waals surface area contributed by atoms with Crippen LogP contribution in [0, 0.1) is 0 Å². The lowest BCUT2D eigenvalue weighted by Crippen LogP contribution is -2.45. The lowest BCUT2D eigenvalue weighted by Gasteiger charge is -2.33. The Balaban J connectivity index is 1.32. The molecule has 0 radical (unpaired) electrons. The highest BCUT2D eigenvalue weighted by Crippen LogP contribution is 2.27. The third-order valence-electron chi connectivity index (χ3n) is 4.93. The second-order valence-electron chi connectivity index (χ2n) is 6.89. The Morgan fingerprint density at radius 1 is 1.00 bits per heavy atom. The highest BCUT2D eigenvalue weighted by atomic mass is 35.5. The molecule has 1 fully saturated rings. The Hall–Kier alpha value is -2.41. The fourth-order valence-electron chi connectivity index (χ4n) is 3.45. The van der Waals surface area contributed by atoms with E-state index in [2.05, 4.69) is 26.0 Å². The summed E-state index contributed by atoms with van der Waals surface area (Å²) < 4.78 is 10.9. The first kappa shape index (κ1) is 18.9. The van der Waals surface area contributed by atoms with Gasteiger partial charge < -0.3 is 9.26 Å². The number of methoxy groups -OCH3 is 1. The summed E-state index contributed by atoms with van der Waals surface area (Å²) in [6.45, 7) is 5.51. The van der Waals surface area contributed by atoms with Gasteiger partial charge in [-0.3, -0.25) is 9.80 Å². The average Bonchev–Trinajstić information content (AvgIpc) is 3.18. The summed E-state index contributed by atoms with van der Waals surface area (Å²) >= 11 is 6.08. The van der Waals surface area contributed by atoms with Crippen LogP contribution in [0.25, 0.3) is 11.4 Å². The van der Waals surface area contributed by atoms with Crippen molar-refractivity contribution in [2.45, 2.75) is 13.1 Å². The number of nitrogens with zero attached hydrogens (tertiary/aromatic N) is 4. The maximum absolute atomic E-state index is 6.08. The molecular formula is C21H23ClN4O2. The van der Waals surface area contributed by atoms with Crippen LogP contribution in [0.3, 0.4) is 0 Å². The molecule has 28 heavy (non-hydrogen) atoms. The van der Waals surface area contributed by atoms with Crippen molar-refractivity contribution in [1.82, 2.24) is 19.9 Å². The van der Waals surface area contributed by atoms with Crippen LogP contribution in [0.15, 0.2) is 53.1 Å². The summed E-state index contributed by atoms with van der Waals surface area (Å²) in [7, 11) is 1.64. The number of hydrogen-bond donors (Lipinski definition) is 0. The minimum absolute atomic E-state index is 0.562. The van der Waals surface area contributed by atoms with Gasteiger partial charge in [-0.05, 0) is 29.8 Å². The van der Waals surface area contributed by atoms with E-state index in [-0.39, 0.29) is 0 Å². The van der Waals surface area contributed by atoms with Crippen LogP contribution in [-0.2, 0) is 13.1 Å². The molecule has 3 aromatic rings. The van der Waals surface area contributed by atoms with Crippen LogP contribution >= 0.6 is 11.6 Å². The summed E-state index contributed by atoms with van der Waals surface area (Å²) in [6, 6.07) is 15.8. The number of piperazine rings is 1. The Labute approximate surface area is 169 Å². The number of hydrogen-bond acceptors (Lipinski definition) is 6. The van der Waals surface area contributed by atoms with E-state index >= 15 is 0 Å². The van der Waals surface area contributed by atoms with Crippen molar-refractivity contribution < 1.29 is 9.26 Å². The largest absolute Gasteiger partial charge is 0.496 e. The van der Waals surface area contributed by atoms with Gasteiger partial charge in [0.2, 0.25) is 11.7 Å². The zero-order valence-electron chi connectivity index (χ0n) is 15.8. The fourth-order valence-corrected chi connectivity index (χ4v) is 3.66. The molecule has 0 N–H and O–H groups in total. The first-order chi connectivity index (χ1) is 13.7. The quantitative estimate of drug-likeness (QED) is 0.630. The van der Waals surface area contributed by atoms with Gasteiger partial charge in [-0.1, -0.05) is 41.0 Å². The van der Waals surface area contributed by atoms with Gasteiger partial charge in [0.05, 0.1) is 19.2 Å². The minimum Gasteiger partial charge on any atom is -0.496 e. The lowest BCUT2D eigenvalue weighted by atomic mass is 10.2. The highest BCUT2D eigenvalue weighted by Gasteiger charge is 2.20. The molecule has 0 unspecified atom stereocenters. The van der Waals surface area contributed by atoms with Crippen LogP contribution in [-0.4, -0.2) is 53.2 Å². The summed E-state index contributed by atoms with van der Waals surface area (Å²) in [5, 5.41) is 4.91. The molecule has 1 saturated heterocycles.